The number of hydrogen-bond acceptors (Lipinski definition) is 7. The first-order valence-electron chi connectivity index (χ1n) is 9.67. The maximum absolute atomic E-state index is 14.3. The minimum atomic E-state index is -2.12. The number of alkyl halides is 1. The van der Waals surface area contributed by atoms with Crippen molar-refractivity contribution in [2.45, 2.75) is 19.3 Å². The van der Waals surface area contributed by atoms with Crippen molar-refractivity contribution in [3.8, 4) is 0 Å². The summed E-state index contributed by atoms with van der Waals surface area (Å²) in [4.78, 5) is 35.6. The van der Waals surface area contributed by atoms with Crippen LogP contribution in [0.4, 0.5) is 25.1 Å². The zero-order valence-electron chi connectivity index (χ0n) is 17.1. The van der Waals surface area contributed by atoms with E-state index in [0.29, 0.717) is 0 Å². The molecule has 0 aliphatic heterocycles. The van der Waals surface area contributed by atoms with Crippen molar-refractivity contribution in [3.05, 3.63) is 77.2 Å². The lowest BCUT2D eigenvalue weighted by Gasteiger charge is -2.15. The van der Waals surface area contributed by atoms with Gasteiger partial charge in [-0.1, -0.05) is 41.9 Å². The lowest BCUT2D eigenvalue weighted by molar-refractivity contribution is -0.120. The average Bonchev–Trinajstić information content (AvgIpc) is 2.83. The van der Waals surface area contributed by atoms with E-state index in [9.17, 15) is 18.4 Å². The Labute approximate surface area is 192 Å². The highest BCUT2D eigenvalue weighted by atomic mass is 35.5. The van der Waals surface area contributed by atoms with Crippen molar-refractivity contribution in [1.29, 1.82) is 0 Å². The van der Waals surface area contributed by atoms with E-state index >= 15 is 0 Å². The third-order valence-corrected chi connectivity index (χ3v) is 4.52. The molecule has 2 amide bonds. The molecule has 2 aromatic heterocycles. The molecule has 0 spiro atoms. The van der Waals surface area contributed by atoms with Crippen LogP contribution in [0.25, 0.3) is 0 Å². The number of alkyl carbamates (subject to hydrolysis) is 1. The van der Waals surface area contributed by atoms with Crippen LogP contribution in [0.1, 0.15) is 11.3 Å². The Morgan fingerprint density at radius 3 is 2.64 bits per heavy atom. The molecule has 0 fully saturated rings. The lowest BCUT2D eigenvalue weighted by Crippen LogP contribution is -2.37. The number of nitrogens with zero attached hydrogens (tertiary/aromatic N) is 3. The number of nitrogens with one attached hydrogen (secondary N) is 3. The minimum absolute atomic E-state index is 0.00131. The molecule has 0 bridgehead atoms. The summed E-state index contributed by atoms with van der Waals surface area (Å²) in [6.45, 7) is -0.706. The number of benzene rings is 1. The van der Waals surface area contributed by atoms with Crippen LogP contribution in [-0.2, 0) is 22.7 Å². The Morgan fingerprint density at radius 2 is 1.88 bits per heavy atom. The zero-order valence-corrected chi connectivity index (χ0v) is 17.9. The lowest BCUT2D eigenvalue weighted by atomic mass is 10.2. The Kier molecular flexibility index (Phi) is 8.42. The summed E-state index contributed by atoms with van der Waals surface area (Å²) in [5, 5.41) is 7.06. The number of hydrogen-bond donors (Lipinski definition) is 3. The van der Waals surface area contributed by atoms with Crippen LogP contribution in [0.3, 0.4) is 0 Å². The fourth-order valence-electron chi connectivity index (χ4n) is 2.57. The van der Waals surface area contributed by atoms with Crippen LogP contribution in [-0.4, -0.2) is 39.7 Å². The van der Waals surface area contributed by atoms with Crippen LogP contribution in [0.5, 0.6) is 0 Å². The van der Waals surface area contributed by atoms with Gasteiger partial charge in [0, 0.05) is 6.20 Å². The highest BCUT2D eigenvalue weighted by molar-refractivity contribution is 6.33. The molecule has 3 N–H and O–H groups in total. The number of halogens is 3. The van der Waals surface area contributed by atoms with E-state index in [1.165, 1.54) is 18.3 Å². The highest BCUT2D eigenvalue weighted by Gasteiger charge is 2.22. The van der Waals surface area contributed by atoms with Crippen molar-refractivity contribution in [3.63, 3.8) is 0 Å². The van der Waals surface area contributed by atoms with Gasteiger partial charge >= 0.3 is 6.09 Å². The molecule has 12 heteroatoms. The van der Waals surface area contributed by atoms with Gasteiger partial charge in [0.15, 0.2) is 17.1 Å². The van der Waals surface area contributed by atoms with Crippen LogP contribution in [0.15, 0.2) is 55.0 Å². The van der Waals surface area contributed by atoms with E-state index in [1.807, 2.05) is 6.07 Å². The number of amides is 2. The summed E-state index contributed by atoms with van der Waals surface area (Å²) in [7, 11) is 0. The predicted octanol–water partition coefficient (Wildman–Crippen LogP) is 3.48. The summed E-state index contributed by atoms with van der Waals surface area (Å²) in [6.07, 6.45) is -0.463. The number of carbonyl (C=O) groups is 2. The van der Waals surface area contributed by atoms with Gasteiger partial charge in [-0.15, -0.1) is 0 Å². The van der Waals surface area contributed by atoms with Crippen molar-refractivity contribution in [2.75, 3.05) is 17.2 Å². The number of aromatic nitrogens is 3. The molecule has 0 saturated heterocycles. The second-order valence-corrected chi connectivity index (χ2v) is 6.93. The van der Waals surface area contributed by atoms with Crippen LogP contribution < -0.4 is 16.0 Å². The van der Waals surface area contributed by atoms with E-state index in [-0.39, 0.29) is 35.5 Å². The Balaban J connectivity index is 1.53. The van der Waals surface area contributed by atoms with E-state index in [4.69, 9.17) is 16.3 Å². The molecule has 9 nitrogen and oxygen atoms in total. The Hall–Kier alpha value is -3.86. The maximum atomic E-state index is 14.3. The molecule has 1 aromatic carbocycles. The van der Waals surface area contributed by atoms with E-state index < -0.39 is 30.5 Å². The first kappa shape index (κ1) is 23.8. The standard InChI is InChI=1S/C21H19ClF2N6O3/c22-18-17(19(29-12-28-18)26-10-16-14(23)7-4-8-25-16)30-20(31)15(24)9-27-21(32)33-11-13-5-2-1-3-6-13/h1-8,12,15H,9-11H2,(H,27,32)(H,30,31)(H,26,28,29). The number of ether oxygens (including phenoxy) is 1. The first-order valence-corrected chi connectivity index (χ1v) is 10.0. The van der Waals surface area contributed by atoms with E-state index in [1.54, 1.807) is 24.3 Å². The third-order valence-electron chi connectivity index (χ3n) is 4.23. The molecule has 3 rings (SSSR count). The van der Waals surface area contributed by atoms with Crippen molar-refractivity contribution in [2.24, 2.45) is 0 Å². The van der Waals surface area contributed by atoms with Gasteiger partial charge in [-0.05, 0) is 17.7 Å². The van der Waals surface area contributed by atoms with E-state index in [0.717, 1.165) is 11.9 Å². The summed E-state index contributed by atoms with van der Waals surface area (Å²) >= 11 is 6.01. The van der Waals surface area contributed by atoms with Gasteiger partial charge in [0.05, 0.1) is 18.8 Å². The normalized spacial score (nSPS) is 11.4. The minimum Gasteiger partial charge on any atom is -0.445 e. The van der Waals surface area contributed by atoms with Gasteiger partial charge in [0.1, 0.15) is 24.4 Å². The highest BCUT2D eigenvalue weighted by Crippen LogP contribution is 2.27. The third kappa shape index (κ3) is 7.07. The SMILES string of the molecule is O=C(NCC(F)C(=O)Nc1c(Cl)ncnc1NCc1ncccc1F)OCc1ccccc1. The molecule has 172 valence electrons. The second kappa shape index (κ2) is 11.7. The van der Waals surface area contributed by atoms with Gasteiger partial charge in [-0.2, -0.15) is 0 Å². The Morgan fingerprint density at radius 1 is 1.09 bits per heavy atom. The number of carbonyl (C=O) groups excluding carboxylic acids is 2. The molecule has 0 saturated carbocycles. The number of anilines is 2. The topological polar surface area (TPSA) is 118 Å². The molecular formula is C21H19ClF2N6O3. The molecule has 1 unspecified atom stereocenters. The molecule has 1 atom stereocenters. The van der Waals surface area contributed by atoms with Gasteiger partial charge in [-0.3, -0.25) is 9.78 Å². The first-order chi connectivity index (χ1) is 15.9. The monoisotopic (exact) mass is 476 g/mol. The van der Waals surface area contributed by atoms with Gasteiger partial charge in [0.2, 0.25) is 0 Å². The molecule has 0 aliphatic carbocycles. The molecule has 33 heavy (non-hydrogen) atoms. The second-order valence-electron chi connectivity index (χ2n) is 6.57. The van der Waals surface area contributed by atoms with Crippen molar-refractivity contribution < 1.29 is 23.1 Å². The zero-order chi connectivity index (χ0) is 23.6. The maximum Gasteiger partial charge on any atom is 0.407 e. The van der Waals surface area contributed by atoms with Gasteiger partial charge < -0.3 is 20.7 Å². The fraction of sp³-hybridized carbons (Fsp3) is 0.190. The molecule has 0 aliphatic rings. The molecule has 2 heterocycles. The van der Waals surface area contributed by atoms with Gasteiger partial charge in [-0.25, -0.2) is 23.5 Å². The summed E-state index contributed by atoms with van der Waals surface area (Å²) in [5.41, 5.74) is 0.757. The average molecular weight is 477 g/mol. The molecule has 3 aromatic rings. The van der Waals surface area contributed by atoms with Crippen molar-refractivity contribution in [1.82, 2.24) is 20.3 Å². The van der Waals surface area contributed by atoms with Crippen LogP contribution in [0, 0.1) is 5.82 Å². The van der Waals surface area contributed by atoms with Crippen LogP contribution >= 0.6 is 11.6 Å². The van der Waals surface area contributed by atoms with Gasteiger partial charge in [0.25, 0.3) is 5.91 Å². The Bertz CT molecular complexity index is 1110. The molecular weight excluding hydrogens is 458 g/mol. The molecule has 0 radical (unpaired) electrons. The smallest absolute Gasteiger partial charge is 0.407 e. The fourth-order valence-corrected chi connectivity index (χ4v) is 2.75. The summed E-state index contributed by atoms with van der Waals surface area (Å²) in [5.74, 6) is -1.59. The summed E-state index contributed by atoms with van der Waals surface area (Å²) in [6, 6.07) is 11.6. The van der Waals surface area contributed by atoms with Crippen molar-refractivity contribution >= 4 is 35.1 Å². The number of rotatable bonds is 9. The quantitative estimate of drug-likeness (QED) is 0.404. The number of pyridine rings is 1. The van der Waals surface area contributed by atoms with E-state index in [2.05, 4.69) is 30.9 Å². The van der Waals surface area contributed by atoms with Crippen LogP contribution in [0.2, 0.25) is 5.15 Å². The predicted molar refractivity (Wildman–Crippen MR) is 117 cm³/mol. The summed E-state index contributed by atoms with van der Waals surface area (Å²) < 4.78 is 33.1. The largest absolute Gasteiger partial charge is 0.445 e.